The number of aliphatic hydroxyl groups is 1. The number of thiol groups is 1. The van der Waals surface area contributed by atoms with Gasteiger partial charge in [0.05, 0.1) is 12.5 Å². The molecule has 3 rings (SSSR count). The third-order valence-corrected chi connectivity index (χ3v) is 8.58. The first-order valence-electron chi connectivity index (χ1n) is 15.6. The van der Waals surface area contributed by atoms with Crippen LogP contribution in [0.2, 0.25) is 0 Å². The molecule has 0 aromatic heterocycles. The van der Waals surface area contributed by atoms with Crippen LogP contribution in [0.15, 0.2) is 30.4 Å². The maximum absolute atomic E-state index is 12.9. The van der Waals surface area contributed by atoms with Crippen LogP contribution in [-0.2, 0) is 25.5 Å². The Morgan fingerprint density at radius 1 is 1.16 bits per heavy atom. The number of carbonyl (C=O) groups is 3. The first kappa shape index (κ1) is 34.5. The summed E-state index contributed by atoms with van der Waals surface area (Å²) >= 11 is 4.21. The molecule has 2 aliphatic rings. The fourth-order valence-electron chi connectivity index (χ4n) is 5.87. The van der Waals surface area contributed by atoms with Crippen LogP contribution in [-0.4, -0.2) is 58.7 Å². The van der Waals surface area contributed by atoms with Gasteiger partial charge in [-0.05, 0) is 49.8 Å². The second-order valence-corrected chi connectivity index (χ2v) is 12.0. The van der Waals surface area contributed by atoms with Crippen molar-refractivity contribution in [3.8, 4) is 17.6 Å². The molecule has 0 saturated heterocycles. The van der Waals surface area contributed by atoms with Gasteiger partial charge in [-0.15, -0.1) is 11.8 Å². The van der Waals surface area contributed by atoms with Crippen molar-refractivity contribution >= 4 is 30.5 Å². The van der Waals surface area contributed by atoms with Gasteiger partial charge in [0.2, 0.25) is 5.91 Å². The molecule has 8 nitrogen and oxygen atoms in total. The number of rotatable bonds is 18. The molecule has 3 N–H and O–H groups in total. The Kier molecular flexibility index (Phi) is 14.4. The summed E-state index contributed by atoms with van der Waals surface area (Å²) in [6.07, 6.45) is 8.76. The molecule has 1 heterocycles. The lowest BCUT2D eigenvalue weighted by molar-refractivity contribution is -0.151. The van der Waals surface area contributed by atoms with Gasteiger partial charge in [0.25, 0.3) is 0 Å². The molecule has 1 saturated carbocycles. The molecule has 1 unspecified atom stereocenters. The number of para-hydroxylation sites is 1. The number of fused-ring (bicyclic) bond motifs is 3. The molecule has 0 radical (unpaired) electrons. The molecule has 1 fully saturated rings. The smallest absolute Gasteiger partial charge is 0.306 e. The van der Waals surface area contributed by atoms with Crippen molar-refractivity contribution in [1.82, 2.24) is 5.32 Å². The Morgan fingerprint density at radius 3 is 2.70 bits per heavy atom. The van der Waals surface area contributed by atoms with Crippen LogP contribution in [0.3, 0.4) is 0 Å². The highest BCUT2D eigenvalue weighted by atomic mass is 32.1. The van der Waals surface area contributed by atoms with E-state index in [1.165, 1.54) is 0 Å². The van der Waals surface area contributed by atoms with E-state index in [-0.39, 0.29) is 49.0 Å². The number of unbranched alkanes of at least 4 members (excludes halogenated alkanes) is 3. The summed E-state index contributed by atoms with van der Waals surface area (Å²) in [6, 6.07) is 5.95. The molecule has 236 valence electrons. The number of nitrogens with one attached hydrogen (secondary N) is 1. The summed E-state index contributed by atoms with van der Waals surface area (Å²) in [6.45, 7) is 4.31. The number of carbonyl (C=O) groups excluding carboxylic acids is 2. The van der Waals surface area contributed by atoms with Gasteiger partial charge in [-0.1, -0.05) is 50.1 Å². The second-order valence-electron chi connectivity index (χ2n) is 11.6. The highest BCUT2D eigenvalue weighted by Crippen LogP contribution is 2.53. The molecule has 43 heavy (non-hydrogen) atoms. The van der Waals surface area contributed by atoms with Gasteiger partial charge in [-0.3, -0.25) is 14.4 Å². The molecule has 1 aliphatic heterocycles. The van der Waals surface area contributed by atoms with E-state index in [9.17, 15) is 19.5 Å². The Morgan fingerprint density at radius 2 is 1.95 bits per heavy atom. The largest absolute Gasteiger partial charge is 0.489 e. The summed E-state index contributed by atoms with van der Waals surface area (Å²) in [7, 11) is 0. The van der Waals surface area contributed by atoms with E-state index in [2.05, 4.69) is 29.8 Å². The first-order valence-corrected chi connectivity index (χ1v) is 16.2. The number of carboxylic acids is 1. The minimum absolute atomic E-state index is 0.00568. The molecule has 1 aromatic carbocycles. The van der Waals surface area contributed by atoms with Gasteiger partial charge in [-0.2, -0.15) is 12.6 Å². The fourth-order valence-corrected chi connectivity index (χ4v) is 6.09. The van der Waals surface area contributed by atoms with Gasteiger partial charge >= 0.3 is 11.9 Å². The van der Waals surface area contributed by atoms with E-state index in [1.54, 1.807) is 13.0 Å². The molecule has 1 aliphatic carbocycles. The number of carboxylic acid groups (broad SMARTS) is 1. The average Bonchev–Trinajstić information content (AvgIpc) is 3.51. The molecule has 6 atom stereocenters. The number of esters is 1. The van der Waals surface area contributed by atoms with E-state index in [1.807, 2.05) is 31.2 Å². The van der Waals surface area contributed by atoms with Crippen molar-refractivity contribution in [1.29, 1.82) is 0 Å². The Balaban J connectivity index is 1.67. The molecular formula is C34H47NO7S. The van der Waals surface area contributed by atoms with Gasteiger partial charge < -0.3 is 25.0 Å². The number of amides is 1. The predicted octanol–water partition coefficient (Wildman–Crippen LogP) is 5.22. The standard InChI is InChI=1S/C34H47NO7S/c1-3-4-11-23(2)27(36)17-16-25-28(41-32(40)19-18-30(37)35-20-7-5-6-8-21-43)22-29-33(25)26-14-9-12-24(34(26)42-29)13-10-15-31(38)39/h9,12,14,16-17,23,25,27-29,33,36,43H,5-8,10-11,13,15,18-22H2,1-2H3,(H,35,37)(H,38,39)/b17-16+/t23-,25-,27+,28?,29-,33-/m0/s1. The average molecular weight is 614 g/mol. The van der Waals surface area contributed by atoms with Gasteiger partial charge in [0, 0.05) is 49.6 Å². The molecule has 0 spiro atoms. The lowest BCUT2D eigenvalue weighted by Gasteiger charge is -2.22. The lowest BCUT2D eigenvalue weighted by atomic mass is 9.86. The van der Waals surface area contributed by atoms with Crippen LogP contribution >= 0.6 is 12.6 Å². The molecule has 1 aromatic rings. The zero-order chi connectivity index (χ0) is 31.2. The number of aliphatic hydroxyl groups excluding tert-OH is 1. The monoisotopic (exact) mass is 613 g/mol. The minimum atomic E-state index is -0.824. The van der Waals surface area contributed by atoms with Crippen molar-refractivity contribution in [2.75, 3.05) is 12.3 Å². The van der Waals surface area contributed by atoms with E-state index >= 15 is 0 Å². The maximum Gasteiger partial charge on any atom is 0.306 e. The van der Waals surface area contributed by atoms with Gasteiger partial charge in [0.15, 0.2) is 0 Å². The molecule has 1 amide bonds. The van der Waals surface area contributed by atoms with Crippen molar-refractivity contribution in [3.63, 3.8) is 0 Å². The van der Waals surface area contributed by atoms with E-state index < -0.39 is 24.1 Å². The summed E-state index contributed by atoms with van der Waals surface area (Å²) in [5.41, 5.74) is 1.99. The predicted molar refractivity (Wildman–Crippen MR) is 169 cm³/mol. The number of ether oxygens (including phenoxy) is 2. The topological polar surface area (TPSA) is 122 Å². The van der Waals surface area contributed by atoms with Crippen molar-refractivity contribution < 1.29 is 34.1 Å². The summed E-state index contributed by atoms with van der Waals surface area (Å²) < 4.78 is 12.4. The Bertz CT molecular complexity index is 1170. The zero-order valence-electron chi connectivity index (χ0n) is 25.4. The van der Waals surface area contributed by atoms with E-state index in [0.717, 1.165) is 48.3 Å². The van der Waals surface area contributed by atoms with Crippen LogP contribution in [0.25, 0.3) is 0 Å². The number of aliphatic carboxylic acids is 1. The minimum Gasteiger partial charge on any atom is -0.489 e. The summed E-state index contributed by atoms with van der Waals surface area (Å²) in [5, 5.41) is 22.7. The zero-order valence-corrected chi connectivity index (χ0v) is 26.3. The number of benzene rings is 1. The van der Waals surface area contributed by atoms with Gasteiger partial charge in [-0.25, -0.2) is 0 Å². The lowest BCUT2D eigenvalue weighted by Crippen LogP contribution is -2.27. The number of aryl methyl sites for hydroxylation is 1. The van der Waals surface area contributed by atoms with Gasteiger partial charge in [0.1, 0.15) is 18.0 Å². The second kappa shape index (κ2) is 18.0. The van der Waals surface area contributed by atoms with Crippen molar-refractivity contribution in [2.24, 2.45) is 11.8 Å². The van der Waals surface area contributed by atoms with Crippen LogP contribution in [0.5, 0.6) is 5.75 Å². The maximum atomic E-state index is 12.9. The molecule has 0 bridgehead atoms. The summed E-state index contributed by atoms with van der Waals surface area (Å²) in [5.74, 6) is 5.76. The highest BCUT2D eigenvalue weighted by Gasteiger charge is 2.51. The Labute approximate surface area is 261 Å². The van der Waals surface area contributed by atoms with E-state index in [0.29, 0.717) is 32.2 Å². The number of hydrogen-bond donors (Lipinski definition) is 4. The van der Waals surface area contributed by atoms with Crippen molar-refractivity contribution in [3.05, 3.63) is 41.5 Å². The fraction of sp³-hybridized carbons (Fsp3) is 0.618. The van der Waals surface area contributed by atoms with Crippen LogP contribution < -0.4 is 10.1 Å². The first-order chi connectivity index (χ1) is 20.7. The van der Waals surface area contributed by atoms with E-state index in [4.69, 9.17) is 14.6 Å². The number of hydrogen-bond acceptors (Lipinski definition) is 7. The highest BCUT2D eigenvalue weighted by molar-refractivity contribution is 7.80. The third-order valence-electron chi connectivity index (χ3n) is 8.26. The normalized spacial score (nSPS) is 21.7. The van der Waals surface area contributed by atoms with Crippen molar-refractivity contribution in [2.45, 2.75) is 109 Å². The quantitative estimate of drug-likeness (QED) is 0.0589. The van der Waals surface area contributed by atoms with Crippen LogP contribution in [0, 0.1) is 23.7 Å². The third kappa shape index (κ3) is 10.6. The SMILES string of the molecule is CC#CC[C@H](C)[C@H](O)/C=C/[C@H]1C(OC(=O)CCC(=O)NCCCCCCS)C[C@@H]2Oc3c(CCCC(=O)O)cccc3[C@@H]21. The molecular weight excluding hydrogens is 566 g/mol. The van der Waals surface area contributed by atoms with Crippen LogP contribution in [0.1, 0.15) is 95.1 Å². The molecule has 9 heteroatoms. The summed E-state index contributed by atoms with van der Waals surface area (Å²) in [4.78, 5) is 36.2. The van der Waals surface area contributed by atoms with Crippen LogP contribution in [0.4, 0.5) is 0 Å². The Hall–Kier alpha value is -2.96.